The zero-order valence-electron chi connectivity index (χ0n) is 11.3. The Kier molecular flexibility index (Phi) is 2.69. The van der Waals surface area contributed by atoms with Crippen LogP contribution < -0.4 is 5.43 Å². The third-order valence-electron chi connectivity index (χ3n) is 4.05. The molecule has 0 fully saturated rings. The van der Waals surface area contributed by atoms with Crippen molar-refractivity contribution in [2.45, 2.75) is 32.4 Å². The number of hydrogen-bond acceptors (Lipinski definition) is 3. The SMILES string of the molecule is Cc1ccc2c(=O)c(C(=O)O)cn3c2c1C(O)CC3C. The topological polar surface area (TPSA) is 79.5 Å². The molecule has 5 nitrogen and oxygen atoms in total. The van der Waals surface area contributed by atoms with Crippen molar-refractivity contribution in [2.75, 3.05) is 0 Å². The molecule has 1 aliphatic heterocycles. The summed E-state index contributed by atoms with van der Waals surface area (Å²) in [6.07, 6.45) is 1.28. The fourth-order valence-corrected chi connectivity index (χ4v) is 3.05. The Morgan fingerprint density at radius 3 is 2.75 bits per heavy atom. The summed E-state index contributed by atoms with van der Waals surface area (Å²) >= 11 is 0. The number of pyridine rings is 1. The zero-order chi connectivity index (χ0) is 14.6. The van der Waals surface area contributed by atoms with Crippen molar-refractivity contribution in [3.05, 3.63) is 45.2 Å². The number of carbonyl (C=O) groups is 1. The average molecular weight is 273 g/mol. The second-order valence-electron chi connectivity index (χ2n) is 5.38. The number of nitrogens with zero attached hydrogens (tertiary/aromatic N) is 1. The minimum atomic E-state index is -1.22. The number of hydrogen-bond donors (Lipinski definition) is 2. The first kappa shape index (κ1) is 12.9. The molecule has 0 amide bonds. The van der Waals surface area contributed by atoms with Gasteiger partial charge in [-0.3, -0.25) is 4.79 Å². The van der Waals surface area contributed by atoms with Gasteiger partial charge < -0.3 is 14.8 Å². The van der Waals surface area contributed by atoms with Gasteiger partial charge in [-0.15, -0.1) is 0 Å². The minimum absolute atomic E-state index is 0.0551. The molecule has 2 N–H and O–H groups in total. The van der Waals surface area contributed by atoms with Crippen molar-refractivity contribution in [3.8, 4) is 0 Å². The molecule has 1 aromatic carbocycles. The molecule has 1 aromatic heterocycles. The molecule has 104 valence electrons. The average Bonchev–Trinajstić information content (AvgIpc) is 2.37. The Balaban J connectivity index is 2.55. The van der Waals surface area contributed by atoms with Crippen molar-refractivity contribution in [1.29, 1.82) is 0 Å². The molecule has 0 aliphatic carbocycles. The van der Waals surface area contributed by atoms with Gasteiger partial charge in [0, 0.05) is 23.2 Å². The minimum Gasteiger partial charge on any atom is -0.477 e. The molecule has 1 aliphatic rings. The lowest BCUT2D eigenvalue weighted by atomic mass is 9.90. The first-order chi connectivity index (χ1) is 9.41. The number of rotatable bonds is 1. The van der Waals surface area contributed by atoms with Crippen molar-refractivity contribution in [2.24, 2.45) is 0 Å². The van der Waals surface area contributed by atoms with Crippen LogP contribution in [0.5, 0.6) is 0 Å². The maximum absolute atomic E-state index is 12.3. The van der Waals surface area contributed by atoms with Gasteiger partial charge in [0.15, 0.2) is 0 Å². The van der Waals surface area contributed by atoms with E-state index < -0.39 is 17.5 Å². The monoisotopic (exact) mass is 273 g/mol. The van der Waals surface area contributed by atoms with Crippen LogP contribution in [0.25, 0.3) is 10.9 Å². The Morgan fingerprint density at radius 2 is 2.10 bits per heavy atom. The number of aromatic nitrogens is 1. The molecule has 2 heterocycles. The van der Waals surface area contributed by atoms with Crippen molar-refractivity contribution >= 4 is 16.9 Å². The molecule has 0 bridgehead atoms. The Morgan fingerprint density at radius 1 is 1.40 bits per heavy atom. The predicted octanol–water partition coefficient (Wildman–Crippen LogP) is 2.01. The van der Waals surface area contributed by atoms with E-state index in [9.17, 15) is 14.7 Å². The Labute approximate surface area is 115 Å². The van der Waals surface area contributed by atoms with Gasteiger partial charge >= 0.3 is 5.97 Å². The van der Waals surface area contributed by atoms with E-state index >= 15 is 0 Å². The lowest BCUT2D eigenvalue weighted by Gasteiger charge is -2.30. The number of carboxylic acids is 1. The molecule has 0 spiro atoms. The third-order valence-corrected chi connectivity index (χ3v) is 4.05. The fraction of sp³-hybridized carbons (Fsp3) is 0.333. The van der Waals surface area contributed by atoms with Crippen molar-refractivity contribution in [3.63, 3.8) is 0 Å². The highest BCUT2D eigenvalue weighted by molar-refractivity contribution is 5.94. The highest BCUT2D eigenvalue weighted by Crippen LogP contribution is 2.37. The van der Waals surface area contributed by atoms with Crippen LogP contribution in [0, 0.1) is 6.92 Å². The van der Waals surface area contributed by atoms with Crippen LogP contribution in [0.2, 0.25) is 0 Å². The maximum atomic E-state index is 12.3. The summed E-state index contributed by atoms with van der Waals surface area (Å²) in [5, 5.41) is 19.8. The Bertz CT molecular complexity index is 791. The van der Waals surface area contributed by atoms with E-state index in [1.807, 2.05) is 13.8 Å². The second-order valence-corrected chi connectivity index (χ2v) is 5.38. The van der Waals surface area contributed by atoms with Crippen LogP contribution in [0.1, 0.15) is 47.0 Å². The highest BCUT2D eigenvalue weighted by Gasteiger charge is 2.28. The summed E-state index contributed by atoms with van der Waals surface area (Å²) in [6, 6.07) is 3.35. The number of aryl methyl sites for hydroxylation is 1. The maximum Gasteiger partial charge on any atom is 0.341 e. The molecular weight excluding hydrogens is 258 g/mol. The number of carboxylic acid groups (broad SMARTS) is 1. The molecule has 5 heteroatoms. The molecule has 3 rings (SSSR count). The largest absolute Gasteiger partial charge is 0.477 e. The van der Waals surface area contributed by atoms with Gasteiger partial charge in [0.05, 0.1) is 11.6 Å². The van der Waals surface area contributed by atoms with Gasteiger partial charge in [-0.1, -0.05) is 6.07 Å². The molecule has 2 atom stereocenters. The number of benzene rings is 1. The van der Waals surface area contributed by atoms with Gasteiger partial charge in [0.1, 0.15) is 5.56 Å². The van der Waals surface area contributed by atoms with E-state index in [4.69, 9.17) is 5.11 Å². The van der Waals surface area contributed by atoms with Crippen LogP contribution in [0.4, 0.5) is 0 Å². The fourth-order valence-electron chi connectivity index (χ4n) is 3.05. The summed E-state index contributed by atoms with van der Waals surface area (Å²) in [7, 11) is 0. The van der Waals surface area contributed by atoms with Crippen LogP contribution in [0.15, 0.2) is 23.1 Å². The lowest BCUT2D eigenvalue weighted by Crippen LogP contribution is -2.26. The number of aliphatic hydroxyl groups excluding tert-OH is 1. The number of aromatic carboxylic acids is 1. The quantitative estimate of drug-likeness (QED) is 0.833. The molecule has 2 unspecified atom stereocenters. The summed E-state index contributed by atoms with van der Waals surface area (Å²) in [5.41, 5.74) is 1.58. The first-order valence-electron chi connectivity index (χ1n) is 6.51. The zero-order valence-corrected chi connectivity index (χ0v) is 11.3. The molecule has 0 radical (unpaired) electrons. The molecule has 0 saturated heterocycles. The van der Waals surface area contributed by atoms with E-state index in [1.165, 1.54) is 6.20 Å². The van der Waals surface area contributed by atoms with Gasteiger partial charge in [0.25, 0.3) is 0 Å². The van der Waals surface area contributed by atoms with E-state index in [2.05, 4.69) is 0 Å². The molecule has 20 heavy (non-hydrogen) atoms. The summed E-state index contributed by atoms with van der Waals surface area (Å²) in [5.74, 6) is -1.22. The second kappa shape index (κ2) is 4.18. The van der Waals surface area contributed by atoms with Crippen LogP contribution in [-0.4, -0.2) is 20.7 Å². The van der Waals surface area contributed by atoms with Gasteiger partial charge in [0.2, 0.25) is 5.43 Å². The van der Waals surface area contributed by atoms with Crippen molar-refractivity contribution in [1.82, 2.24) is 4.57 Å². The van der Waals surface area contributed by atoms with E-state index in [-0.39, 0.29) is 11.6 Å². The van der Waals surface area contributed by atoms with Gasteiger partial charge in [-0.05, 0) is 31.9 Å². The van der Waals surface area contributed by atoms with Gasteiger partial charge in [-0.25, -0.2) is 4.79 Å². The Hall–Kier alpha value is -2.14. The summed E-state index contributed by atoms with van der Waals surface area (Å²) in [4.78, 5) is 23.5. The smallest absolute Gasteiger partial charge is 0.341 e. The summed E-state index contributed by atoms with van der Waals surface area (Å²) in [6.45, 7) is 3.79. The lowest BCUT2D eigenvalue weighted by molar-refractivity contribution is 0.0694. The highest BCUT2D eigenvalue weighted by atomic mass is 16.4. The third kappa shape index (κ3) is 1.59. The van der Waals surface area contributed by atoms with Crippen molar-refractivity contribution < 1.29 is 15.0 Å². The van der Waals surface area contributed by atoms with Crippen LogP contribution in [0.3, 0.4) is 0 Å². The van der Waals surface area contributed by atoms with E-state index in [0.29, 0.717) is 17.3 Å². The van der Waals surface area contributed by atoms with Crippen LogP contribution in [-0.2, 0) is 0 Å². The molecule has 2 aromatic rings. The first-order valence-corrected chi connectivity index (χ1v) is 6.51. The summed E-state index contributed by atoms with van der Waals surface area (Å²) < 4.78 is 1.80. The van der Waals surface area contributed by atoms with Gasteiger partial charge in [-0.2, -0.15) is 0 Å². The normalized spacial score (nSPS) is 21.1. The van der Waals surface area contributed by atoms with E-state index in [1.54, 1.807) is 16.7 Å². The number of aliphatic hydroxyl groups is 1. The predicted molar refractivity (Wildman–Crippen MR) is 74.2 cm³/mol. The molecular formula is C15H15NO4. The molecule has 0 saturated carbocycles. The van der Waals surface area contributed by atoms with Crippen LogP contribution >= 0.6 is 0 Å². The standard InChI is InChI=1S/C15H15NO4/c1-7-3-4-9-13-12(7)11(17)5-8(2)16(13)6-10(14(9)18)15(19)20/h3-4,6,8,11,17H,5H2,1-2H3,(H,19,20). The van der Waals surface area contributed by atoms with E-state index in [0.717, 1.165) is 11.1 Å².